The first-order valence-corrected chi connectivity index (χ1v) is 8.03. The van der Waals surface area contributed by atoms with Crippen molar-refractivity contribution < 1.29 is 0 Å². The Balaban J connectivity index is 2.04. The number of fused-ring (bicyclic) bond motifs is 1. The van der Waals surface area contributed by atoms with Crippen LogP contribution in [0.3, 0.4) is 0 Å². The van der Waals surface area contributed by atoms with Gasteiger partial charge >= 0.3 is 0 Å². The Morgan fingerprint density at radius 3 is 2.48 bits per heavy atom. The van der Waals surface area contributed by atoms with E-state index in [1.165, 1.54) is 52.6 Å². The van der Waals surface area contributed by atoms with Gasteiger partial charge in [-0.05, 0) is 79.6 Å². The van der Waals surface area contributed by atoms with Gasteiger partial charge in [0.1, 0.15) is 0 Å². The molecule has 0 bridgehead atoms. The van der Waals surface area contributed by atoms with Crippen molar-refractivity contribution in [1.29, 1.82) is 0 Å². The third kappa shape index (κ3) is 2.73. The highest BCUT2D eigenvalue weighted by Crippen LogP contribution is 2.33. The molecule has 2 heteroatoms. The summed E-state index contributed by atoms with van der Waals surface area (Å²) in [7, 11) is 2.00. The van der Waals surface area contributed by atoms with E-state index in [2.05, 4.69) is 49.5 Å². The Hall–Kier alpha value is -1.31. The van der Waals surface area contributed by atoms with Gasteiger partial charge in [-0.25, -0.2) is 0 Å². The summed E-state index contributed by atoms with van der Waals surface area (Å²) >= 11 is 6.50. The molecule has 0 saturated heterocycles. The molecule has 0 heterocycles. The van der Waals surface area contributed by atoms with Gasteiger partial charge in [-0.2, -0.15) is 0 Å². The number of benzene rings is 2. The van der Waals surface area contributed by atoms with Gasteiger partial charge in [0.15, 0.2) is 0 Å². The molecule has 1 aliphatic rings. The van der Waals surface area contributed by atoms with E-state index in [0.29, 0.717) is 0 Å². The Morgan fingerprint density at radius 2 is 1.71 bits per heavy atom. The average Bonchev–Trinajstić information content (AvgIpc) is 2.92. The molecule has 0 fully saturated rings. The Morgan fingerprint density at radius 1 is 1.00 bits per heavy atom. The second-order valence-corrected chi connectivity index (χ2v) is 6.47. The van der Waals surface area contributed by atoms with Crippen molar-refractivity contribution in [2.45, 2.75) is 39.2 Å². The number of hydrogen-bond acceptors (Lipinski definition) is 1. The Bertz CT molecular complexity index is 676. The van der Waals surface area contributed by atoms with E-state index in [4.69, 9.17) is 11.6 Å². The van der Waals surface area contributed by atoms with Crippen LogP contribution in [-0.4, -0.2) is 7.05 Å². The molecule has 110 valence electrons. The van der Waals surface area contributed by atoms with Gasteiger partial charge < -0.3 is 5.32 Å². The summed E-state index contributed by atoms with van der Waals surface area (Å²) in [6.07, 6.45) is 3.72. The van der Waals surface area contributed by atoms with Crippen LogP contribution in [0.2, 0.25) is 5.02 Å². The molecule has 0 aromatic heterocycles. The van der Waals surface area contributed by atoms with Crippen LogP contribution in [0.5, 0.6) is 0 Å². The lowest BCUT2D eigenvalue weighted by Crippen LogP contribution is -2.18. The zero-order valence-corrected chi connectivity index (χ0v) is 13.7. The maximum Gasteiger partial charge on any atom is 0.0589 e. The normalized spacial score (nSPS) is 15.0. The molecule has 2 aromatic rings. The zero-order chi connectivity index (χ0) is 15.0. The van der Waals surface area contributed by atoms with E-state index in [0.717, 1.165) is 5.02 Å². The number of halogens is 1. The Kier molecular flexibility index (Phi) is 4.05. The smallest absolute Gasteiger partial charge is 0.0589 e. The third-order valence-electron chi connectivity index (χ3n) is 4.67. The molecular formula is C19H22ClN. The molecule has 1 unspecified atom stereocenters. The highest BCUT2D eigenvalue weighted by Gasteiger charge is 2.19. The largest absolute Gasteiger partial charge is 0.309 e. The fraction of sp³-hybridized carbons (Fsp3) is 0.368. The van der Waals surface area contributed by atoms with Gasteiger partial charge in [0.2, 0.25) is 0 Å². The van der Waals surface area contributed by atoms with E-state index in [1.54, 1.807) is 0 Å². The second-order valence-electron chi connectivity index (χ2n) is 6.06. The van der Waals surface area contributed by atoms with Crippen molar-refractivity contribution in [2.75, 3.05) is 7.05 Å². The van der Waals surface area contributed by atoms with Gasteiger partial charge in [0.05, 0.1) is 6.04 Å². The third-order valence-corrected chi connectivity index (χ3v) is 5.00. The van der Waals surface area contributed by atoms with Crippen molar-refractivity contribution in [2.24, 2.45) is 0 Å². The fourth-order valence-corrected chi connectivity index (χ4v) is 3.62. The molecule has 1 atom stereocenters. The van der Waals surface area contributed by atoms with Gasteiger partial charge in [-0.15, -0.1) is 0 Å². The topological polar surface area (TPSA) is 12.0 Å². The second kappa shape index (κ2) is 5.82. The molecule has 3 rings (SSSR count). The molecule has 0 saturated carbocycles. The van der Waals surface area contributed by atoms with E-state index < -0.39 is 0 Å². The molecule has 0 spiro atoms. The van der Waals surface area contributed by atoms with E-state index in [1.807, 2.05) is 7.05 Å². The predicted octanol–water partition coefficient (Wildman–Crippen LogP) is 4.75. The van der Waals surface area contributed by atoms with Gasteiger partial charge in [-0.3, -0.25) is 0 Å². The predicted molar refractivity (Wildman–Crippen MR) is 90.3 cm³/mol. The maximum absolute atomic E-state index is 6.50. The standard InChI is InChI=1S/C19H22ClN/c1-12-9-17(18(20)10-13(12)2)19(21-3)16-8-7-14-5-4-6-15(14)11-16/h7-11,19,21H,4-6H2,1-3H3. The summed E-state index contributed by atoms with van der Waals surface area (Å²) in [4.78, 5) is 0. The maximum atomic E-state index is 6.50. The van der Waals surface area contributed by atoms with E-state index in [9.17, 15) is 0 Å². The number of nitrogens with one attached hydrogen (secondary N) is 1. The van der Waals surface area contributed by atoms with Crippen LogP contribution in [-0.2, 0) is 12.8 Å². The molecule has 1 aliphatic carbocycles. The summed E-state index contributed by atoms with van der Waals surface area (Å²) in [5.41, 5.74) is 8.03. The molecule has 0 radical (unpaired) electrons. The summed E-state index contributed by atoms with van der Waals surface area (Å²) in [5, 5.41) is 4.27. The first kappa shape index (κ1) is 14.6. The first-order chi connectivity index (χ1) is 10.1. The summed E-state index contributed by atoms with van der Waals surface area (Å²) in [6, 6.07) is 11.3. The molecule has 1 N–H and O–H groups in total. The van der Waals surface area contributed by atoms with E-state index >= 15 is 0 Å². The molecule has 0 aliphatic heterocycles. The minimum absolute atomic E-state index is 0.155. The highest BCUT2D eigenvalue weighted by molar-refractivity contribution is 6.31. The van der Waals surface area contributed by atoms with Crippen molar-refractivity contribution in [1.82, 2.24) is 5.32 Å². The van der Waals surface area contributed by atoms with E-state index in [-0.39, 0.29) is 6.04 Å². The zero-order valence-electron chi connectivity index (χ0n) is 13.0. The van der Waals surface area contributed by atoms with Gasteiger partial charge in [0.25, 0.3) is 0 Å². The highest BCUT2D eigenvalue weighted by atomic mass is 35.5. The average molecular weight is 300 g/mol. The quantitative estimate of drug-likeness (QED) is 0.862. The Labute approximate surface area is 132 Å². The first-order valence-electron chi connectivity index (χ1n) is 7.65. The number of aryl methyl sites for hydroxylation is 4. The van der Waals surface area contributed by atoms with Crippen molar-refractivity contribution in [3.05, 3.63) is 68.7 Å². The van der Waals surface area contributed by atoms with Gasteiger partial charge in [0, 0.05) is 5.02 Å². The van der Waals surface area contributed by atoms with Crippen LogP contribution in [0.4, 0.5) is 0 Å². The van der Waals surface area contributed by atoms with Crippen molar-refractivity contribution >= 4 is 11.6 Å². The molecule has 2 aromatic carbocycles. The SMILES string of the molecule is CNC(c1ccc2c(c1)CCC2)c1cc(C)c(C)cc1Cl. The lowest BCUT2D eigenvalue weighted by molar-refractivity contribution is 0.690. The van der Waals surface area contributed by atoms with Crippen molar-refractivity contribution in [3.63, 3.8) is 0 Å². The number of rotatable bonds is 3. The van der Waals surface area contributed by atoms with Crippen LogP contribution in [0, 0.1) is 13.8 Å². The van der Waals surface area contributed by atoms with Crippen LogP contribution in [0.1, 0.15) is 45.8 Å². The van der Waals surface area contributed by atoms with Crippen LogP contribution >= 0.6 is 11.6 Å². The summed E-state index contributed by atoms with van der Waals surface area (Å²) in [5.74, 6) is 0. The molecule has 21 heavy (non-hydrogen) atoms. The molecule has 1 nitrogen and oxygen atoms in total. The fourth-order valence-electron chi connectivity index (χ4n) is 3.30. The van der Waals surface area contributed by atoms with Gasteiger partial charge in [-0.1, -0.05) is 35.9 Å². The lowest BCUT2D eigenvalue weighted by Gasteiger charge is -2.21. The minimum Gasteiger partial charge on any atom is -0.309 e. The number of hydrogen-bond donors (Lipinski definition) is 1. The minimum atomic E-state index is 0.155. The van der Waals surface area contributed by atoms with Crippen molar-refractivity contribution in [3.8, 4) is 0 Å². The molecular weight excluding hydrogens is 278 g/mol. The molecule has 0 amide bonds. The summed E-state index contributed by atoms with van der Waals surface area (Å²) in [6.45, 7) is 4.25. The monoisotopic (exact) mass is 299 g/mol. The van der Waals surface area contributed by atoms with Crippen LogP contribution < -0.4 is 5.32 Å². The summed E-state index contributed by atoms with van der Waals surface area (Å²) < 4.78 is 0. The van der Waals surface area contributed by atoms with Crippen LogP contribution in [0.25, 0.3) is 0 Å². The van der Waals surface area contributed by atoms with Crippen LogP contribution in [0.15, 0.2) is 30.3 Å². The lowest BCUT2D eigenvalue weighted by atomic mass is 9.93.